The van der Waals surface area contributed by atoms with Crippen molar-refractivity contribution in [2.24, 2.45) is 0 Å². The Balaban J connectivity index is 2.16. The van der Waals surface area contributed by atoms with Gasteiger partial charge in [0.05, 0.1) is 26.9 Å². The highest BCUT2D eigenvalue weighted by atomic mass is 16.5. The zero-order valence-electron chi connectivity index (χ0n) is 15.5. The topological polar surface area (TPSA) is 71.1 Å². The molecule has 0 saturated heterocycles. The third-order valence-corrected chi connectivity index (χ3v) is 3.92. The number of hydrogen-bond acceptors (Lipinski definition) is 6. The molecule has 0 N–H and O–H groups in total. The lowest BCUT2D eigenvalue weighted by atomic mass is 10.0. The molecule has 0 aliphatic carbocycles. The Hall–Kier alpha value is -3.02. The zero-order valence-corrected chi connectivity index (χ0v) is 15.5. The van der Waals surface area contributed by atoms with Gasteiger partial charge in [-0.25, -0.2) is 4.79 Å². The Labute approximate surface area is 152 Å². The number of methoxy groups -OCH3 is 3. The summed E-state index contributed by atoms with van der Waals surface area (Å²) in [6.07, 6.45) is 0. The highest BCUT2D eigenvalue weighted by Gasteiger charge is 2.19. The molecule has 0 radical (unpaired) electrons. The number of hydrogen-bond donors (Lipinski definition) is 0. The van der Waals surface area contributed by atoms with Crippen molar-refractivity contribution in [3.05, 3.63) is 52.6 Å². The number of ether oxygens (including phenoxy) is 4. The van der Waals surface area contributed by atoms with Gasteiger partial charge in [0.15, 0.2) is 18.1 Å². The molecule has 0 bridgehead atoms. The first-order valence-corrected chi connectivity index (χ1v) is 7.98. The van der Waals surface area contributed by atoms with Crippen molar-refractivity contribution in [1.29, 1.82) is 0 Å². The van der Waals surface area contributed by atoms with E-state index in [9.17, 15) is 9.59 Å². The number of carbonyl (C=O) groups is 2. The summed E-state index contributed by atoms with van der Waals surface area (Å²) < 4.78 is 20.8. The van der Waals surface area contributed by atoms with E-state index in [1.807, 2.05) is 26.0 Å². The molecule has 0 aromatic heterocycles. The smallest absolute Gasteiger partial charge is 0.338 e. The first-order chi connectivity index (χ1) is 12.4. The summed E-state index contributed by atoms with van der Waals surface area (Å²) >= 11 is 0. The van der Waals surface area contributed by atoms with E-state index in [1.165, 1.54) is 33.5 Å². The number of aryl methyl sites for hydroxylation is 2. The van der Waals surface area contributed by atoms with Crippen LogP contribution in [-0.4, -0.2) is 39.7 Å². The van der Waals surface area contributed by atoms with Gasteiger partial charge in [0.1, 0.15) is 0 Å². The molecule has 2 aromatic carbocycles. The van der Waals surface area contributed by atoms with Crippen LogP contribution < -0.4 is 14.2 Å². The second-order valence-electron chi connectivity index (χ2n) is 5.73. The van der Waals surface area contributed by atoms with Crippen molar-refractivity contribution in [1.82, 2.24) is 0 Å². The predicted molar refractivity (Wildman–Crippen MR) is 96.6 cm³/mol. The minimum atomic E-state index is -0.651. The lowest BCUT2D eigenvalue weighted by Gasteiger charge is -2.13. The number of rotatable bonds is 7. The average Bonchev–Trinajstić information content (AvgIpc) is 2.64. The Morgan fingerprint density at radius 3 is 2.00 bits per heavy atom. The Morgan fingerprint density at radius 2 is 1.50 bits per heavy atom. The largest absolute Gasteiger partial charge is 0.493 e. The van der Waals surface area contributed by atoms with Crippen LogP contribution in [0.15, 0.2) is 30.3 Å². The first-order valence-electron chi connectivity index (χ1n) is 7.98. The normalized spacial score (nSPS) is 10.2. The van der Waals surface area contributed by atoms with Crippen molar-refractivity contribution in [3.63, 3.8) is 0 Å². The van der Waals surface area contributed by atoms with Crippen molar-refractivity contribution in [2.45, 2.75) is 13.8 Å². The van der Waals surface area contributed by atoms with Gasteiger partial charge in [-0.05, 0) is 31.5 Å². The summed E-state index contributed by atoms with van der Waals surface area (Å²) in [7, 11) is 4.38. The summed E-state index contributed by atoms with van der Waals surface area (Å²) in [6.45, 7) is 3.45. The number of Topliss-reactive ketones (excluding diaryl/α,β-unsaturated/α-hetero) is 1. The molecule has 0 atom stereocenters. The fraction of sp³-hybridized carbons (Fsp3) is 0.300. The average molecular weight is 358 g/mol. The van der Waals surface area contributed by atoms with Crippen LogP contribution in [0.25, 0.3) is 0 Å². The van der Waals surface area contributed by atoms with Crippen LogP contribution in [0.1, 0.15) is 31.8 Å². The maximum absolute atomic E-state index is 12.3. The highest BCUT2D eigenvalue weighted by Crippen LogP contribution is 2.38. The Kier molecular flexibility index (Phi) is 6.22. The van der Waals surface area contributed by atoms with E-state index in [1.54, 1.807) is 6.07 Å². The van der Waals surface area contributed by atoms with E-state index < -0.39 is 5.97 Å². The fourth-order valence-electron chi connectivity index (χ4n) is 2.62. The standard InChI is InChI=1S/C20H22O6/c1-12-6-7-15(13(2)8-12)16(21)11-26-20(22)14-9-17(23-3)19(25-5)18(10-14)24-4/h6-10H,11H2,1-5H3. The van der Waals surface area contributed by atoms with Crippen LogP contribution in [0.5, 0.6) is 17.2 Å². The minimum Gasteiger partial charge on any atom is -0.493 e. The van der Waals surface area contributed by atoms with Crippen molar-refractivity contribution in [2.75, 3.05) is 27.9 Å². The second kappa shape index (κ2) is 8.38. The molecular formula is C20H22O6. The third kappa shape index (κ3) is 4.14. The molecule has 0 unspecified atom stereocenters. The van der Waals surface area contributed by atoms with Gasteiger partial charge in [-0.3, -0.25) is 4.79 Å². The van der Waals surface area contributed by atoms with Crippen LogP contribution in [0.2, 0.25) is 0 Å². The van der Waals surface area contributed by atoms with Gasteiger partial charge in [-0.2, -0.15) is 0 Å². The van der Waals surface area contributed by atoms with Crippen molar-refractivity contribution < 1.29 is 28.5 Å². The van der Waals surface area contributed by atoms with Gasteiger partial charge < -0.3 is 18.9 Å². The van der Waals surface area contributed by atoms with E-state index in [2.05, 4.69) is 0 Å². The van der Waals surface area contributed by atoms with Gasteiger partial charge >= 0.3 is 5.97 Å². The molecule has 0 spiro atoms. The molecule has 2 aromatic rings. The van der Waals surface area contributed by atoms with E-state index >= 15 is 0 Å². The summed E-state index contributed by atoms with van der Waals surface area (Å²) in [6, 6.07) is 8.45. The summed E-state index contributed by atoms with van der Waals surface area (Å²) in [4.78, 5) is 24.6. The molecule has 6 nitrogen and oxygen atoms in total. The maximum atomic E-state index is 12.3. The highest BCUT2D eigenvalue weighted by molar-refractivity contribution is 6.00. The quantitative estimate of drug-likeness (QED) is 0.558. The summed E-state index contributed by atoms with van der Waals surface area (Å²) in [5.74, 6) is 0.127. The molecule has 0 aliphatic rings. The Bertz CT molecular complexity index is 800. The van der Waals surface area contributed by atoms with Crippen LogP contribution >= 0.6 is 0 Å². The Morgan fingerprint density at radius 1 is 0.885 bits per heavy atom. The molecule has 0 amide bonds. The molecular weight excluding hydrogens is 336 g/mol. The molecule has 6 heteroatoms. The van der Waals surface area contributed by atoms with Gasteiger partial charge in [-0.1, -0.05) is 23.8 Å². The van der Waals surface area contributed by atoms with Crippen molar-refractivity contribution >= 4 is 11.8 Å². The predicted octanol–water partition coefficient (Wildman–Crippen LogP) is 3.37. The van der Waals surface area contributed by atoms with Crippen LogP contribution in [0.3, 0.4) is 0 Å². The lowest BCUT2D eigenvalue weighted by molar-refractivity contribution is 0.0474. The SMILES string of the molecule is COc1cc(C(=O)OCC(=O)c2ccc(C)cc2C)cc(OC)c1OC. The molecule has 0 aliphatic heterocycles. The monoisotopic (exact) mass is 358 g/mol. The van der Waals surface area contributed by atoms with Crippen molar-refractivity contribution in [3.8, 4) is 17.2 Å². The van der Waals surface area contributed by atoms with Gasteiger partial charge in [0, 0.05) is 5.56 Å². The summed E-state index contributed by atoms with van der Waals surface area (Å²) in [5, 5.41) is 0. The molecule has 0 saturated carbocycles. The van der Waals surface area contributed by atoms with Gasteiger partial charge in [-0.15, -0.1) is 0 Å². The van der Waals surface area contributed by atoms with Crippen LogP contribution in [0, 0.1) is 13.8 Å². The van der Waals surface area contributed by atoms with Gasteiger partial charge in [0.25, 0.3) is 0 Å². The first kappa shape index (κ1) is 19.3. The molecule has 0 heterocycles. The summed E-state index contributed by atoms with van der Waals surface area (Å²) in [5.41, 5.74) is 2.65. The van der Waals surface area contributed by atoms with E-state index in [4.69, 9.17) is 18.9 Å². The number of carbonyl (C=O) groups excluding carboxylic acids is 2. The zero-order chi connectivity index (χ0) is 19.3. The second-order valence-corrected chi connectivity index (χ2v) is 5.73. The van der Waals surface area contributed by atoms with Crippen LogP contribution in [-0.2, 0) is 4.74 Å². The molecule has 0 fully saturated rings. The molecule has 2 rings (SSSR count). The third-order valence-electron chi connectivity index (χ3n) is 3.92. The van der Waals surface area contributed by atoms with E-state index in [0.717, 1.165) is 11.1 Å². The molecule has 26 heavy (non-hydrogen) atoms. The minimum absolute atomic E-state index is 0.202. The van der Waals surface area contributed by atoms with E-state index in [0.29, 0.717) is 22.8 Å². The van der Waals surface area contributed by atoms with Gasteiger partial charge in [0.2, 0.25) is 11.5 Å². The van der Waals surface area contributed by atoms with Crippen LogP contribution in [0.4, 0.5) is 0 Å². The number of esters is 1. The fourth-order valence-corrected chi connectivity index (χ4v) is 2.62. The molecule has 138 valence electrons. The maximum Gasteiger partial charge on any atom is 0.338 e. The van der Waals surface area contributed by atoms with E-state index in [-0.39, 0.29) is 18.0 Å². The number of ketones is 1. The number of benzene rings is 2. The lowest BCUT2D eigenvalue weighted by Crippen LogP contribution is -2.15.